The Labute approximate surface area is 147 Å². The van der Waals surface area contributed by atoms with Crippen molar-refractivity contribution < 1.29 is 9.18 Å². The number of likely N-dealkylation sites (tertiary alicyclic amines) is 1. The van der Waals surface area contributed by atoms with Crippen molar-refractivity contribution in [2.45, 2.75) is 44.8 Å². The van der Waals surface area contributed by atoms with E-state index in [-0.39, 0.29) is 17.8 Å². The lowest BCUT2D eigenvalue weighted by molar-refractivity contribution is -0.126. The number of hydrogen-bond donors (Lipinski definition) is 1. The van der Waals surface area contributed by atoms with E-state index in [9.17, 15) is 9.18 Å². The summed E-state index contributed by atoms with van der Waals surface area (Å²) >= 11 is 0. The van der Waals surface area contributed by atoms with E-state index in [1.165, 1.54) is 18.5 Å². The Hall–Kier alpha value is -2.28. The molecule has 1 N–H and O–H groups in total. The van der Waals surface area contributed by atoms with Crippen LogP contribution < -0.4 is 5.32 Å². The summed E-state index contributed by atoms with van der Waals surface area (Å²) in [6.07, 6.45) is 6.09. The van der Waals surface area contributed by atoms with E-state index in [2.05, 4.69) is 20.3 Å². The van der Waals surface area contributed by atoms with Crippen molar-refractivity contribution in [2.24, 2.45) is 0 Å². The maximum Gasteiger partial charge on any atom is 0.237 e. The lowest BCUT2D eigenvalue weighted by Crippen LogP contribution is -2.48. The molecule has 1 saturated heterocycles. The number of aromatic nitrogens is 3. The first-order chi connectivity index (χ1) is 12.1. The zero-order chi connectivity index (χ0) is 17.6. The molecule has 1 aromatic carbocycles. The van der Waals surface area contributed by atoms with Gasteiger partial charge in [-0.15, -0.1) is 0 Å². The van der Waals surface area contributed by atoms with Crippen LogP contribution in [0, 0.1) is 5.82 Å². The third-order valence-corrected chi connectivity index (χ3v) is 4.79. The van der Waals surface area contributed by atoms with E-state index < -0.39 is 0 Å². The number of carbonyl (C=O) groups is 1. The Morgan fingerprint density at radius 2 is 2.20 bits per heavy atom. The van der Waals surface area contributed by atoms with Crippen LogP contribution in [0.1, 0.15) is 25.3 Å². The molecule has 2 aromatic rings. The fraction of sp³-hybridized carbons (Fsp3) is 0.500. The first-order valence-electron chi connectivity index (χ1n) is 8.74. The molecule has 0 radical (unpaired) electrons. The maximum absolute atomic E-state index is 12.9. The highest BCUT2D eigenvalue weighted by Crippen LogP contribution is 2.21. The van der Waals surface area contributed by atoms with Gasteiger partial charge in [-0.3, -0.25) is 14.4 Å². The number of hydrogen-bond acceptors (Lipinski definition) is 4. The van der Waals surface area contributed by atoms with Gasteiger partial charge in [0, 0.05) is 12.6 Å². The van der Waals surface area contributed by atoms with Gasteiger partial charge in [-0.25, -0.2) is 9.37 Å². The summed E-state index contributed by atoms with van der Waals surface area (Å²) in [6.45, 7) is 4.18. The van der Waals surface area contributed by atoms with Crippen LogP contribution in [0.25, 0.3) is 0 Å². The summed E-state index contributed by atoms with van der Waals surface area (Å²) in [4.78, 5) is 18.7. The number of nitrogens with zero attached hydrogens (tertiary/aromatic N) is 4. The van der Waals surface area contributed by atoms with E-state index in [4.69, 9.17) is 0 Å². The molecule has 1 amide bonds. The van der Waals surface area contributed by atoms with Crippen LogP contribution in [-0.4, -0.2) is 50.7 Å². The van der Waals surface area contributed by atoms with Crippen LogP contribution in [-0.2, 0) is 17.8 Å². The van der Waals surface area contributed by atoms with E-state index in [0.29, 0.717) is 19.0 Å². The Morgan fingerprint density at radius 3 is 2.92 bits per heavy atom. The normalized spacial score (nSPS) is 19.0. The van der Waals surface area contributed by atoms with E-state index in [1.807, 2.05) is 11.6 Å². The van der Waals surface area contributed by atoms with E-state index in [0.717, 1.165) is 31.5 Å². The van der Waals surface area contributed by atoms with Crippen molar-refractivity contribution in [1.82, 2.24) is 25.0 Å². The van der Waals surface area contributed by atoms with Gasteiger partial charge < -0.3 is 5.32 Å². The Morgan fingerprint density at radius 1 is 1.40 bits per heavy atom. The van der Waals surface area contributed by atoms with Gasteiger partial charge in [0.05, 0.1) is 12.6 Å². The number of carbonyl (C=O) groups excluding carboxylic acids is 1. The van der Waals surface area contributed by atoms with Crippen molar-refractivity contribution in [2.75, 3.05) is 13.1 Å². The molecule has 1 aliphatic heterocycles. The standard InChI is InChI=1S/C18H24FN5O/c1-14(18(25)21-9-8-15-4-6-16(19)7-5-15)24-10-2-3-17(24)11-23-13-20-12-22-23/h4-7,12-14,17H,2-3,8-11H2,1H3,(H,21,25)/t14-,17-/m0/s1. The van der Waals surface area contributed by atoms with Gasteiger partial charge in [0.15, 0.2) is 0 Å². The van der Waals surface area contributed by atoms with Crippen LogP contribution in [0.5, 0.6) is 0 Å². The third kappa shape index (κ3) is 4.63. The summed E-state index contributed by atoms with van der Waals surface area (Å²) in [6, 6.07) is 6.51. The second-order valence-corrected chi connectivity index (χ2v) is 6.49. The van der Waals surface area contributed by atoms with Crippen LogP contribution in [0.3, 0.4) is 0 Å². The molecule has 2 atom stereocenters. The summed E-state index contributed by atoms with van der Waals surface area (Å²) in [5.74, 6) is -0.207. The SMILES string of the molecule is C[C@@H](C(=O)NCCc1ccc(F)cc1)N1CCC[C@H]1Cn1cncn1. The Kier molecular flexibility index (Phi) is 5.75. The molecule has 6 nitrogen and oxygen atoms in total. The second-order valence-electron chi connectivity index (χ2n) is 6.49. The zero-order valence-electron chi connectivity index (χ0n) is 14.4. The van der Waals surface area contributed by atoms with Crippen LogP contribution in [0.2, 0.25) is 0 Å². The van der Waals surface area contributed by atoms with Gasteiger partial charge in [0.1, 0.15) is 18.5 Å². The highest BCUT2D eigenvalue weighted by Gasteiger charge is 2.32. The molecular weight excluding hydrogens is 321 g/mol. The van der Waals surface area contributed by atoms with Gasteiger partial charge in [-0.1, -0.05) is 12.1 Å². The topological polar surface area (TPSA) is 63.1 Å². The maximum atomic E-state index is 12.9. The van der Waals surface area contributed by atoms with Crippen molar-refractivity contribution in [3.05, 3.63) is 48.3 Å². The van der Waals surface area contributed by atoms with Crippen molar-refractivity contribution in [3.8, 4) is 0 Å². The average Bonchev–Trinajstić information content (AvgIpc) is 3.28. The number of nitrogens with one attached hydrogen (secondary N) is 1. The molecule has 1 fully saturated rings. The molecule has 0 aliphatic carbocycles. The lowest BCUT2D eigenvalue weighted by Gasteiger charge is -2.29. The Balaban J connectivity index is 1.48. The fourth-order valence-corrected chi connectivity index (χ4v) is 3.39. The van der Waals surface area contributed by atoms with Crippen molar-refractivity contribution in [3.63, 3.8) is 0 Å². The molecular formula is C18H24FN5O. The first-order valence-corrected chi connectivity index (χ1v) is 8.74. The van der Waals surface area contributed by atoms with E-state index in [1.54, 1.807) is 18.5 Å². The van der Waals surface area contributed by atoms with Gasteiger partial charge in [-0.2, -0.15) is 5.10 Å². The average molecular weight is 345 g/mol. The monoisotopic (exact) mass is 345 g/mol. The molecule has 0 saturated carbocycles. The molecule has 3 rings (SSSR count). The molecule has 7 heteroatoms. The van der Waals surface area contributed by atoms with Crippen molar-refractivity contribution in [1.29, 1.82) is 0 Å². The number of amides is 1. The first kappa shape index (κ1) is 17.5. The number of benzene rings is 1. The summed E-state index contributed by atoms with van der Waals surface area (Å²) in [5.41, 5.74) is 1.01. The van der Waals surface area contributed by atoms with Gasteiger partial charge in [0.2, 0.25) is 5.91 Å². The minimum atomic E-state index is -0.242. The minimum Gasteiger partial charge on any atom is -0.354 e. The molecule has 134 valence electrons. The van der Waals surface area contributed by atoms with Crippen LogP contribution in [0.4, 0.5) is 4.39 Å². The molecule has 1 aliphatic rings. The van der Waals surface area contributed by atoms with Gasteiger partial charge >= 0.3 is 0 Å². The zero-order valence-corrected chi connectivity index (χ0v) is 14.4. The largest absolute Gasteiger partial charge is 0.354 e. The summed E-state index contributed by atoms with van der Waals surface area (Å²) in [7, 11) is 0. The molecule has 0 spiro atoms. The predicted octanol–water partition coefficient (Wildman–Crippen LogP) is 1.63. The predicted molar refractivity (Wildman–Crippen MR) is 92.3 cm³/mol. The quantitative estimate of drug-likeness (QED) is 0.828. The summed E-state index contributed by atoms with van der Waals surface area (Å²) < 4.78 is 14.7. The van der Waals surface area contributed by atoms with E-state index >= 15 is 0 Å². The number of halogens is 1. The molecule has 0 unspecified atom stereocenters. The fourth-order valence-electron chi connectivity index (χ4n) is 3.39. The second kappa shape index (κ2) is 8.20. The Bertz CT molecular complexity index is 673. The molecule has 25 heavy (non-hydrogen) atoms. The highest BCUT2D eigenvalue weighted by atomic mass is 19.1. The highest BCUT2D eigenvalue weighted by molar-refractivity contribution is 5.81. The molecule has 2 heterocycles. The van der Waals surface area contributed by atoms with Crippen LogP contribution >= 0.6 is 0 Å². The lowest BCUT2D eigenvalue weighted by atomic mass is 10.1. The minimum absolute atomic E-state index is 0.0348. The van der Waals surface area contributed by atoms with Gasteiger partial charge in [0.25, 0.3) is 0 Å². The van der Waals surface area contributed by atoms with Crippen LogP contribution in [0.15, 0.2) is 36.9 Å². The van der Waals surface area contributed by atoms with Crippen molar-refractivity contribution >= 4 is 5.91 Å². The molecule has 1 aromatic heterocycles. The smallest absolute Gasteiger partial charge is 0.237 e. The summed E-state index contributed by atoms with van der Waals surface area (Å²) in [5, 5.41) is 7.15. The van der Waals surface area contributed by atoms with Gasteiger partial charge in [-0.05, 0) is 50.4 Å². The molecule has 0 bridgehead atoms. The number of rotatable bonds is 7. The third-order valence-electron chi connectivity index (χ3n) is 4.79.